The van der Waals surface area contributed by atoms with E-state index in [0.717, 1.165) is 21.9 Å². The highest BCUT2D eigenvalue weighted by atomic mass is 16.2. The minimum atomic E-state index is -0.799. The first-order chi connectivity index (χ1) is 18.4. The van der Waals surface area contributed by atoms with E-state index in [1.165, 1.54) is 12.1 Å². The fraction of sp³-hybridized carbons (Fsp3) is 0.286. The lowest BCUT2D eigenvalue weighted by molar-refractivity contribution is -0.136. The number of nitrogens with one attached hydrogen (secondary N) is 3. The van der Waals surface area contributed by atoms with Crippen molar-refractivity contribution in [3.05, 3.63) is 77.9 Å². The molecule has 1 atom stereocenters. The van der Waals surface area contributed by atoms with Crippen molar-refractivity contribution >= 4 is 40.7 Å². The number of carbonyl (C=O) groups is 4. The molecule has 0 radical (unpaired) electrons. The van der Waals surface area contributed by atoms with Gasteiger partial charge in [0.25, 0.3) is 0 Å². The number of fused-ring (bicyclic) bond motifs is 1. The number of urea groups is 1. The molecule has 38 heavy (non-hydrogen) atoms. The molecule has 3 N–H and O–H groups in total. The largest absolute Gasteiger partial charge is 0.343 e. The lowest BCUT2D eigenvalue weighted by Gasteiger charge is -2.32. The van der Waals surface area contributed by atoms with Gasteiger partial charge in [-0.25, -0.2) is 9.80 Å². The number of benzene rings is 3. The minimum Gasteiger partial charge on any atom is -0.343 e. The van der Waals surface area contributed by atoms with Crippen molar-refractivity contribution in [2.24, 2.45) is 0 Å². The summed E-state index contributed by atoms with van der Waals surface area (Å²) in [6.07, 6.45) is 0.882. The average Bonchev–Trinajstić information content (AvgIpc) is 2.98. The highest BCUT2D eigenvalue weighted by molar-refractivity contribution is 5.90. The fourth-order valence-electron chi connectivity index (χ4n) is 4.63. The molecule has 4 rings (SSSR count). The molecule has 1 heterocycles. The third-order valence-corrected chi connectivity index (χ3v) is 6.69. The zero-order chi connectivity index (χ0) is 27.1. The van der Waals surface area contributed by atoms with Crippen LogP contribution in [0, 0.1) is 0 Å². The number of amides is 5. The van der Waals surface area contributed by atoms with Gasteiger partial charge in [-0.1, -0.05) is 54.6 Å². The Morgan fingerprint density at radius 1 is 1.05 bits per heavy atom. The van der Waals surface area contributed by atoms with E-state index in [1.807, 2.05) is 54.6 Å². The second-order valence-corrected chi connectivity index (χ2v) is 9.15. The summed E-state index contributed by atoms with van der Waals surface area (Å²) in [5, 5.41) is 13.2. The van der Waals surface area contributed by atoms with E-state index in [-0.39, 0.29) is 30.8 Å². The van der Waals surface area contributed by atoms with E-state index in [0.29, 0.717) is 31.7 Å². The van der Waals surface area contributed by atoms with E-state index in [4.69, 9.17) is 0 Å². The van der Waals surface area contributed by atoms with Crippen LogP contribution in [0.1, 0.15) is 11.1 Å². The third-order valence-electron chi connectivity index (χ3n) is 6.69. The lowest BCUT2D eigenvalue weighted by Crippen LogP contribution is -2.52. The summed E-state index contributed by atoms with van der Waals surface area (Å²) in [6.45, 7) is 0.897. The molecule has 0 aliphatic carbocycles. The Hall–Kier alpha value is -4.44. The van der Waals surface area contributed by atoms with Crippen LogP contribution in [0.3, 0.4) is 0 Å². The van der Waals surface area contributed by atoms with Crippen LogP contribution in [0.15, 0.2) is 66.7 Å². The van der Waals surface area contributed by atoms with Crippen LogP contribution in [-0.4, -0.2) is 78.9 Å². The van der Waals surface area contributed by atoms with E-state index >= 15 is 0 Å². The molecule has 1 saturated heterocycles. The number of hydrogen-bond acceptors (Lipinski definition) is 5. The van der Waals surface area contributed by atoms with Crippen LogP contribution >= 0.6 is 0 Å². The maximum absolute atomic E-state index is 13.9. The molecule has 1 fully saturated rings. The van der Waals surface area contributed by atoms with E-state index in [9.17, 15) is 19.2 Å². The first-order valence-electron chi connectivity index (χ1n) is 12.4. The predicted octanol–water partition coefficient (Wildman–Crippen LogP) is 1.97. The van der Waals surface area contributed by atoms with Gasteiger partial charge in [-0.05, 0) is 34.0 Å². The number of hydrazine groups is 1. The van der Waals surface area contributed by atoms with Gasteiger partial charge in [0.05, 0.1) is 6.54 Å². The molecule has 0 spiro atoms. The zero-order valence-electron chi connectivity index (χ0n) is 21.5. The summed E-state index contributed by atoms with van der Waals surface area (Å²) in [4.78, 5) is 51.7. The molecule has 0 unspecified atom stereocenters. The highest BCUT2D eigenvalue weighted by Crippen LogP contribution is 2.21. The Bertz CT molecular complexity index is 1310. The second kappa shape index (κ2) is 12.2. The molecule has 10 nitrogen and oxygen atoms in total. The first kappa shape index (κ1) is 26.6. The maximum Gasteiger partial charge on any atom is 0.331 e. The Morgan fingerprint density at radius 2 is 1.79 bits per heavy atom. The molecule has 0 aromatic heterocycles. The maximum atomic E-state index is 13.9. The van der Waals surface area contributed by atoms with E-state index in [2.05, 4.69) is 16.0 Å². The van der Waals surface area contributed by atoms with Crippen molar-refractivity contribution in [1.82, 2.24) is 25.6 Å². The summed E-state index contributed by atoms with van der Waals surface area (Å²) in [5.41, 5.74) is 2.47. The number of carbonyl (C=O) groups excluding carboxylic acids is 4. The molecular weight excluding hydrogens is 484 g/mol. The molecule has 0 bridgehead atoms. The van der Waals surface area contributed by atoms with Gasteiger partial charge in [-0.15, -0.1) is 0 Å². The van der Waals surface area contributed by atoms with Crippen molar-refractivity contribution in [1.29, 1.82) is 0 Å². The van der Waals surface area contributed by atoms with Crippen molar-refractivity contribution in [3.8, 4) is 0 Å². The molecule has 5 amide bonds. The normalized spacial score (nSPS) is 16.7. The molecule has 3 aromatic carbocycles. The van der Waals surface area contributed by atoms with Crippen LogP contribution in [0.25, 0.3) is 10.8 Å². The number of rotatable bonds is 7. The Labute approximate surface area is 221 Å². The van der Waals surface area contributed by atoms with Crippen molar-refractivity contribution in [2.45, 2.75) is 19.0 Å². The smallest absolute Gasteiger partial charge is 0.331 e. The summed E-state index contributed by atoms with van der Waals surface area (Å²) in [6, 6.07) is 20.0. The Kier molecular flexibility index (Phi) is 8.55. The molecule has 0 saturated carbocycles. The van der Waals surface area contributed by atoms with Gasteiger partial charge in [-0.2, -0.15) is 0 Å². The summed E-state index contributed by atoms with van der Waals surface area (Å²) < 4.78 is 0. The van der Waals surface area contributed by atoms with E-state index < -0.39 is 6.04 Å². The van der Waals surface area contributed by atoms with Crippen LogP contribution in [0.2, 0.25) is 0 Å². The topological polar surface area (TPSA) is 114 Å². The van der Waals surface area contributed by atoms with Crippen LogP contribution in [0.4, 0.5) is 10.5 Å². The monoisotopic (exact) mass is 516 g/mol. The van der Waals surface area contributed by atoms with E-state index in [1.54, 1.807) is 29.1 Å². The van der Waals surface area contributed by atoms with Gasteiger partial charge in [0.1, 0.15) is 6.04 Å². The van der Waals surface area contributed by atoms with Gasteiger partial charge in [0.15, 0.2) is 0 Å². The fourth-order valence-corrected chi connectivity index (χ4v) is 4.63. The van der Waals surface area contributed by atoms with Gasteiger partial charge in [-0.3, -0.25) is 19.4 Å². The van der Waals surface area contributed by atoms with Crippen LogP contribution < -0.4 is 16.0 Å². The molecule has 1 aliphatic heterocycles. The second-order valence-electron chi connectivity index (χ2n) is 9.15. The molecule has 198 valence electrons. The SMILES string of the molecule is CNC(=O)N(C)N1CCN(Cc2cccc3ccccc23)C(=O)[C@H](Cc2ccc(NC=O)cc2)NC(=O)C1. The third kappa shape index (κ3) is 6.27. The van der Waals surface area contributed by atoms with Crippen LogP contribution in [-0.2, 0) is 27.3 Å². The average molecular weight is 517 g/mol. The number of hydrogen-bond donors (Lipinski definition) is 3. The van der Waals surface area contributed by atoms with Crippen molar-refractivity contribution < 1.29 is 19.2 Å². The minimum absolute atomic E-state index is 0.0714. The van der Waals surface area contributed by atoms with Gasteiger partial charge in [0, 0.05) is 45.8 Å². The lowest BCUT2D eigenvalue weighted by atomic mass is 10.0. The van der Waals surface area contributed by atoms with Crippen LogP contribution in [0.5, 0.6) is 0 Å². The number of nitrogens with zero attached hydrogens (tertiary/aromatic N) is 3. The van der Waals surface area contributed by atoms with Gasteiger partial charge < -0.3 is 20.9 Å². The van der Waals surface area contributed by atoms with Crippen molar-refractivity contribution in [3.63, 3.8) is 0 Å². The van der Waals surface area contributed by atoms with Crippen molar-refractivity contribution in [2.75, 3.05) is 39.0 Å². The molecular formula is C28H32N6O4. The van der Waals surface area contributed by atoms with Gasteiger partial charge in [0.2, 0.25) is 18.2 Å². The summed E-state index contributed by atoms with van der Waals surface area (Å²) in [7, 11) is 3.12. The Morgan fingerprint density at radius 3 is 2.53 bits per heavy atom. The highest BCUT2D eigenvalue weighted by Gasteiger charge is 2.31. The first-order valence-corrected chi connectivity index (χ1v) is 12.4. The standard InChI is InChI=1S/C28H32N6O4/c1-29-28(38)32(2)34-15-14-33(17-22-8-5-7-21-6-3-4-9-24(21)22)27(37)25(31-26(36)18-34)16-20-10-12-23(13-11-20)30-19-35/h3-13,19,25H,14-18H2,1-2H3,(H,29,38)(H,30,35)(H,31,36)/t25-/m0/s1. The summed E-state index contributed by atoms with van der Waals surface area (Å²) in [5.74, 6) is -0.559. The zero-order valence-corrected chi connectivity index (χ0v) is 21.5. The predicted molar refractivity (Wildman–Crippen MR) is 145 cm³/mol. The summed E-state index contributed by atoms with van der Waals surface area (Å²) >= 11 is 0. The van der Waals surface area contributed by atoms with Gasteiger partial charge >= 0.3 is 6.03 Å². The quantitative estimate of drug-likeness (QED) is 0.416. The molecule has 3 aromatic rings. The molecule has 10 heteroatoms. The Balaban J connectivity index is 1.64. The molecule has 1 aliphatic rings. The number of anilines is 1.